The Balaban J connectivity index is 2.30. The van der Waals surface area contributed by atoms with Crippen molar-refractivity contribution >= 4 is 0 Å². The fourth-order valence-electron chi connectivity index (χ4n) is 3.08. The summed E-state index contributed by atoms with van der Waals surface area (Å²) < 4.78 is 11.2. The smallest absolute Gasteiger partial charge is 0.130 e. The van der Waals surface area contributed by atoms with Crippen LogP contribution in [0.1, 0.15) is 50.2 Å². The highest BCUT2D eigenvalue weighted by Crippen LogP contribution is 2.38. The summed E-state index contributed by atoms with van der Waals surface area (Å²) in [6, 6.07) is 4.23. The van der Waals surface area contributed by atoms with Crippen LogP contribution in [0.25, 0.3) is 0 Å². The first-order chi connectivity index (χ1) is 9.67. The molecule has 0 bridgehead atoms. The number of ether oxygens (including phenoxy) is 2. The third kappa shape index (κ3) is 3.26. The lowest BCUT2D eigenvalue weighted by atomic mass is 9.97. The lowest BCUT2D eigenvalue weighted by Gasteiger charge is -2.28. The van der Waals surface area contributed by atoms with Crippen molar-refractivity contribution in [3.05, 3.63) is 23.3 Å². The number of hydrogen-bond acceptors (Lipinski definition) is 3. The van der Waals surface area contributed by atoms with Gasteiger partial charge in [-0.15, -0.1) is 0 Å². The van der Waals surface area contributed by atoms with Gasteiger partial charge in [0, 0.05) is 17.7 Å². The summed E-state index contributed by atoms with van der Waals surface area (Å²) >= 11 is 0. The second-order valence-corrected chi connectivity index (χ2v) is 5.87. The van der Waals surface area contributed by atoms with E-state index in [-0.39, 0.29) is 0 Å². The van der Waals surface area contributed by atoms with Crippen molar-refractivity contribution in [1.82, 2.24) is 4.90 Å². The van der Waals surface area contributed by atoms with E-state index in [1.807, 2.05) is 0 Å². The van der Waals surface area contributed by atoms with Crippen LogP contribution in [0.3, 0.4) is 0 Å². The Labute approximate surface area is 122 Å². The van der Waals surface area contributed by atoms with Crippen LogP contribution >= 0.6 is 0 Å². The molecule has 0 aliphatic carbocycles. The number of hydrogen-bond donors (Lipinski definition) is 0. The number of piperidine rings is 1. The summed E-state index contributed by atoms with van der Waals surface area (Å²) in [7, 11) is 3.49. The molecule has 1 fully saturated rings. The van der Waals surface area contributed by atoms with Gasteiger partial charge in [0.05, 0.1) is 14.2 Å². The second-order valence-electron chi connectivity index (χ2n) is 5.87. The van der Waals surface area contributed by atoms with Gasteiger partial charge in [0.25, 0.3) is 0 Å². The van der Waals surface area contributed by atoms with Crippen molar-refractivity contribution in [2.75, 3.05) is 27.3 Å². The van der Waals surface area contributed by atoms with E-state index < -0.39 is 0 Å². The van der Waals surface area contributed by atoms with Crippen molar-refractivity contribution in [2.24, 2.45) is 0 Å². The standard InChI is InChI=1S/C17H27NO2/c1-13(2)16-15(19-3)9-8-14(17(16)20-4)12-18-10-6-5-7-11-18/h8-9,13H,5-7,10-12H2,1-4H3. The normalized spacial score (nSPS) is 16.4. The molecule has 1 aromatic carbocycles. The minimum Gasteiger partial charge on any atom is -0.496 e. The molecular weight excluding hydrogens is 250 g/mol. The van der Waals surface area contributed by atoms with Crippen LogP contribution in [-0.2, 0) is 6.54 Å². The Bertz CT molecular complexity index is 437. The summed E-state index contributed by atoms with van der Waals surface area (Å²) in [4.78, 5) is 2.53. The van der Waals surface area contributed by atoms with Gasteiger partial charge in [-0.05, 0) is 37.9 Å². The molecule has 1 aromatic rings. The van der Waals surface area contributed by atoms with Gasteiger partial charge >= 0.3 is 0 Å². The average molecular weight is 277 g/mol. The second kappa shape index (κ2) is 6.98. The lowest BCUT2D eigenvalue weighted by molar-refractivity contribution is 0.217. The lowest BCUT2D eigenvalue weighted by Crippen LogP contribution is -2.29. The molecule has 0 atom stereocenters. The van der Waals surface area contributed by atoms with Crippen LogP contribution in [0.2, 0.25) is 0 Å². The van der Waals surface area contributed by atoms with E-state index in [1.54, 1.807) is 14.2 Å². The molecule has 20 heavy (non-hydrogen) atoms. The Kier molecular flexibility index (Phi) is 5.30. The van der Waals surface area contributed by atoms with Crippen molar-refractivity contribution in [3.63, 3.8) is 0 Å². The zero-order chi connectivity index (χ0) is 14.5. The maximum absolute atomic E-state index is 5.72. The third-order valence-corrected chi connectivity index (χ3v) is 4.08. The van der Waals surface area contributed by atoms with Crippen LogP contribution in [-0.4, -0.2) is 32.2 Å². The first-order valence-corrected chi connectivity index (χ1v) is 7.63. The van der Waals surface area contributed by atoms with Crippen molar-refractivity contribution in [3.8, 4) is 11.5 Å². The molecular formula is C17H27NO2. The Morgan fingerprint density at radius 3 is 2.30 bits per heavy atom. The summed E-state index contributed by atoms with van der Waals surface area (Å²) in [5, 5.41) is 0. The molecule has 3 heteroatoms. The van der Waals surface area contributed by atoms with Crippen LogP contribution < -0.4 is 9.47 Å². The molecule has 1 saturated heterocycles. The predicted octanol–water partition coefficient (Wildman–Crippen LogP) is 3.81. The first-order valence-electron chi connectivity index (χ1n) is 7.63. The van der Waals surface area contributed by atoms with Gasteiger partial charge in [-0.3, -0.25) is 4.90 Å². The molecule has 2 rings (SSSR count). The van der Waals surface area contributed by atoms with Crippen molar-refractivity contribution in [2.45, 2.75) is 45.6 Å². The van der Waals surface area contributed by atoms with Crippen molar-refractivity contribution < 1.29 is 9.47 Å². The Morgan fingerprint density at radius 2 is 1.75 bits per heavy atom. The molecule has 0 saturated carbocycles. The van der Waals surface area contributed by atoms with Gasteiger partial charge in [0.15, 0.2) is 0 Å². The highest BCUT2D eigenvalue weighted by molar-refractivity contribution is 5.51. The van der Waals surface area contributed by atoms with E-state index in [9.17, 15) is 0 Å². The van der Waals surface area contributed by atoms with Crippen LogP contribution in [0.5, 0.6) is 11.5 Å². The third-order valence-electron chi connectivity index (χ3n) is 4.08. The number of methoxy groups -OCH3 is 2. The SMILES string of the molecule is COc1ccc(CN2CCCCC2)c(OC)c1C(C)C. The highest BCUT2D eigenvalue weighted by Gasteiger charge is 2.20. The van der Waals surface area contributed by atoms with Gasteiger partial charge < -0.3 is 9.47 Å². The summed E-state index contributed by atoms with van der Waals surface area (Å²) in [6.45, 7) is 7.75. The number of rotatable bonds is 5. The van der Waals surface area contributed by atoms with E-state index in [1.165, 1.54) is 43.5 Å². The molecule has 0 N–H and O–H groups in total. The number of likely N-dealkylation sites (tertiary alicyclic amines) is 1. The molecule has 112 valence electrons. The van der Waals surface area contributed by atoms with E-state index in [2.05, 4.69) is 30.9 Å². The quantitative estimate of drug-likeness (QED) is 0.817. The summed E-state index contributed by atoms with van der Waals surface area (Å²) in [5.41, 5.74) is 2.46. The molecule has 3 nitrogen and oxygen atoms in total. The summed E-state index contributed by atoms with van der Waals surface area (Å²) in [6.07, 6.45) is 4.00. The molecule has 0 amide bonds. The molecule has 0 aromatic heterocycles. The molecule has 1 aliphatic rings. The van der Waals surface area contributed by atoms with Crippen LogP contribution in [0.4, 0.5) is 0 Å². The van der Waals surface area contributed by atoms with E-state index in [0.29, 0.717) is 5.92 Å². The van der Waals surface area contributed by atoms with Gasteiger partial charge in [-0.1, -0.05) is 26.3 Å². The minimum atomic E-state index is 0.390. The number of nitrogens with zero attached hydrogens (tertiary/aromatic N) is 1. The van der Waals surface area contributed by atoms with E-state index >= 15 is 0 Å². The number of benzene rings is 1. The molecule has 0 spiro atoms. The monoisotopic (exact) mass is 277 g/mol. The first kappa shape index (κ1) is 15.2. The van der Waals surface area contributed by atoms with Gasteiger partial charge in [0.1, 0.15) is 11.5 Å². The zero-order valence-electron chi connectivity index (χ0n) is 13.2. The highest BCUT2D eigenvalue weighted by atomic mass is 16.5. The largest absolute Gasteiger partial charge is 0.496 e. The van der Waals surface area contributed by atoms with Gasteiger partial charge in [-0.25, -0.2) is 0 Å². The van der Waals surface area contributed by atoms with E-state index in [4.69, 9.17) is 9.47 Å². The average Bonchev–Trinajstić information content (AvgIpc) is 2.47. The van der Waals surface area contributed by atoms with Crippen LogP contribution in [0, 0.1) is 0 Å². The van der Waals surface area contributed by atoms with E-state index in [0.717, 1.165) is 18.0 Å². The fourth-order valence-corrected chi connectivity index (χ4v) is 3.08. The van der Waals surface area contributed by atoms with Crippen LogP contribution in [0.15, 0.2) is 12.1 Å². The van der Waals surface area contributed by atoms with Gasteiger partial charge in [0.2, 0.25) is 0 Å². The minimum absolute atomic E-state index is 0.390. The summed E-state index contributed by atoms with van der Waals surface area (Å²) in [5.74, 6) is 2.32. The topological polar surface area (TPSA) is 21.7 Å². The maximum atomic E-state index is 5.72. The van der Waals surface area contributed by atoms with Crippen molar-refractivity contribution in [1.29, 1.82) is 0 Å². The Hall–Kier alpha value is -1.22. The molecule has 0 unspecified atom stereocenters. The Morgan fingerprint density at radius 1 is 1.05 bits per heavy atom. The molecule has 1 aliphatic heterocycles. The fraction of sp³-hybridized carbons (Fsp3) is 0.647. The maximum Gasteiger partial charge on any atom is 0.130 e. The zero-order valence-corrected chi connectivity index (χ0v) is 13.2. The van der Waals surface area contributed by atoms with Gasteiger partial charge in [-0.2, -0.15) is 0 Å². The molecule has 0 radical (unpaired) electrons. The predicted molar refractivity (Wildman–Crippen MR) is 82.8 cm³/mol. The molecule has 1 heterocycles.